The number of hydrogen-bond donors (Lipinski definition) is 1. The smallest absolute Gasteiger partial charge is 0.259 e. The molecule has 0 heterocycles. The number of rotatable bonds is 3. The second kappa shape index (κ2) is 6.01. The molecule has 0 unspecified atom stereocenters. The number of para-hydroxylation sites is 1. The molecule has 0 fully saturated rings. The minimum absolute atomic E-state index is 0.290. The Balaban J connectivity index is 2.26. The van der Waals surface area contributed by atoms with Crippen molar-refractivity contribution in [2.75, 3.05) is 12.4 Å². The van der Waals surface area contributed by atoms with Crippen LogP contribution in [0.2, 0.25) is 0 Å². The number of carbonyl (C=O) groups excluding carboxylic acids is 1. The summed E-state index contributed by atoms with van der Waals surface area (Å²) in [5, 5.41) is 2.74. The third-order valence-electron chi connectivity index (χ3n) is 2.53. The van der Waals surface area contributed by atoms with Gasteiger partial charge >= 0.3 is 0 Å². The van der Waals surface area contributed by atoms with Gasteiger partial charge in [0.25, 0.3) is 5.91 Å². The highest BCUT2D eigenvalue weighted by atomic mass is 127. The van der Waals surface area contributed by atoms with Crippen LogP contribution in [-0.2, 0) is 0 Å². The first kappa shape index (κ1) is 13.8. The second-order valence-corrected chi connectivity index (χ2v) is 4.94. The van der Waals surface area contributed by atoms with E-state index in [0.717, 1.165) is 0 Å². The molecule has 98 valence electrons. The quantitative estimate of drug-likeness (QED) is 0.836. The number of amides is 1. The SMILES string of the molecule is COc1ccccc1C(=O)Nc1ccc(F)cc1I. The number of nitrogens with one attached hydrogen (secondary N) is 1. The van der Waals surface area contributed by atoms with E-state index in [2.05, 4.69) is 5.32 Å². The molecule has 1 amide bonds. The zero-order chi connectivity index (χ0) is 13.8. The standard InChI is InChI=1S/C14H11FINO2/c1-19-13-5-3-2-4-10(13)14(18)17-12-7-6-9(15)8-11(12)16/h2-8H,1H3,(H,17,18). The maximum absolute atomic E-state index is 13.0. The topological polar surface area (TPSA) is 38.3 Å². The Bertz CT molecular complexity index is 616. The van der Waals surface area contributed by atoms with Gasteiger partial charge in [0.1, 0.15) is 11.6 Å². The van der Waals surface area contributed by atoms with E-state index in [4.69, 9.17) is 4.74 Å². The Kier molecular flexibility index (Phi) is 4.36. The van der Waals surface area contributed by atoms with Crippen molar-refractivity contribution in [3.8, 4) is 5.75 Å². The fraction of sp³-hybridized carbons (Fsp3) is 0.0714. The minimum atomic E-state index is -0.334. The number of ether oxygens (including phenoxy) is 1. The highest BCUT2D eigenvalue weighted by Gasteiger charge is 2.13. The average molecular weight is 371 g/mol. The third kappa shape index (κ3) is 3.23. The van der Waals surface area contributed by atoms with Crippen molar-refractivity contribution < 1.29 is 13.9 Å². The molecule has 0 aromatic heterocycles. The lowest BCUT2D eigenvalue weighted by atomic mass is 10.2. The molecule has 5 heteroatoms. The number of anilines is 1. The van der Waals surface area contributed by atoms with Crippen LogP contribution in [0.5, 0.6) is 5.75 Å². The lowest BCUT2D eigenvalue weighted by Crippen LogP contribution is -2.14. The van der Waals surface area contributed by atoms with Crippen LogP contribution in [0.15, 0.2) is 42.5 Å². The van der Waals surface area contributed by atoms with Crippen LogP contribution in [0, 0.1) is 9.39 Å². The summed E-state index contributed by atoms with van der Waals surface area (Å²) in [6, 6.07) is 11.1. The Morgan fingerprint density at radius 1 is 1.26 bits per heavy atom. The fourth-order valence-corrected chi connectivity index (χ4v) is 2.22. The van der Waals surface area contributed by atoms with Crippen LogP contribution in [0.4, 0.5) is 10.1 Å². The Hall–Kier alpha value is -1.63. The van der Waals surface area contributed by atoms with E-state index in [-0.39, 0.29) is 11.7 Å². The van der Waals surface area contributed by atoms with Crippen molar-refractivity contribution in [3.05, 3.63) is 57.4 Å². The molecule has 2 aromatic rings. The number of carbonyl (C=O) groups is 1. The summed E-state index contributed by atoms with van der Waals surface area (Å²) in [5.74, 6) is -0.126. The molecule has 2 rings (SSSR count). The van der Waals surface area contributed by atoms with Gasteiger partial charge in [0.05, 0.1) is 18.4 Å². The van der Waals surface area contributed by atoms with Gasteiger partial charge in [-0.3, -0.25) is 4.79 Å². The molecule has 0 saturated heterocycles. The molecule has 19 heavy (non-hydrogen) atoms. The van der Waals surface area contributed by atoms with Crippen LogP contribution in [-0.4, -0.2) is 13.0 Å². The maximum Gasteiger partial charge on any atom is 0.259 e. The van der Waals surface area contributed by atoms with E-state index in [1.165, 1.54) is 25.3 Å². The van der Waals surface area contributed by atoms with Gasteiger partial charge in [-0.15, -0.1) is 0 Å². The molecule has 0 aliphatic carbocycles. The number of benzene rings is 2. The largest absolute Gasteiger partial charge is 0.496 e. The summed E-state index contributed by atoms with van der Waals surface area (Å²) in [7, 11) is 1.51. The van der Waals surface area contributed by atoms with E-state index in [0.29, 0.717) is 20.6 Å². The molecule has 0 bridgehead atoms. The van der Waals surface area contributed by atoms with Gasteiger partial charge in [0, 0.05) is 3.57 Å². The van der Waals surface area contributed by atoms with Crippen molar-refractivity contribution in [1.29, 1.82) is 0 Å². The summed E-state index contributed by atoms with van der Waals surface area (Å²) >= 11 is 1.97. The normalized spacial score (nSPS) is 10.1. The van der Waals surface area contributed by atoms with Gasteiger partial charge in [-0.05, 0) is 52.9 Å². The molecule has 1 N–H and O–H groups in total. The van der Waals surface area contributed by atoms with E-state index < -0.39 is 0 Å². The van der Waals surface area contributed by atoms with Crippen molar-refractivity contribution in [1.82, 2.24) is 0 Å². The molecule has 0 saturated carbocycles. The summed E-state index contributed by atoms with van der Waals surface area (Å²) in [6.07, 6.45) is 0. The highest BCUT2D eigenvalue weighted by Crippen LogP contribution is 2.22. The lowest BCUT2D eigenvalue weighted by Gasteiger charge is -2.10. The van der Waals surface area contributed by atoms with Gasteiger partial charge in [-0.1, -0.05) is 12.1 Å². The Morgan fingerprint density at radius 3 is 2.68 bits per heavy atom. The summed E-state index contributed by atoms with van der Waals surface area (Å²) < 4.78 is 18.8. The van der Waals surface area contributed by atoms with Crippen molar-refractivity contribution in [2.24, 2.45) is 0 Å². The van der Waals surface area contributed by atoms with E-state index >= 15 is 0 Å². The predicted molar refractivity (Wildman–Crippen MR) is 80.1 cm³/mol. The Labute approximate surface area is 123 Å². The van der Waals surface area contributed by atoms with Crippen LogP contribution in [0.1, 0.15) is 10.4 Å². The Morgan fingerprint density at radius 2 is 2.00 bits per heavy atom. The van der Waals surface area contributed by atoms with Crippen LogP contribution in [0.3, 0.4) is 0 Å². The fourth-order valence-electron chi connectivity index (χ4n) is 1.61. The molecule has 0 aliphatic heterocycles. The maximum atomic E-state index is 13.0. The first-order valence-corrected chi connectivity index (χ1v) is 6.59. The summed E-state index contributed by atoms with van der Waals surface area (Å²) in [4.78, 5) is 12.1. The zero-order valence-electron chi connectivity index (χ0n) is 10.1. The number of halogens is 2. The average Bonchev–Trinajstić information content (AvgIpc) is 2.41. The zero-order valence-corrected chi connectivity index (χ0v) is 12.3. The van der Waals surface area contributed by atoms with Gasteiger partial charge < -0.3 is 10.1 Å². The second-order valence-electron chi connectivity index (χ2n) is 3.78. The molecular weight excluding hydrogens is 360 g/mol. The predicted octanol–water partition coefficient (Wildman–Crippen LogP) is 3.69. The van der Waals surface area contributed by atoms with E-state index in [9.17, 15) is 9.18 Å². The third-order valence-corrected chi connectivity index (χ3v) is 3.42. The van der Waals surface area contributed by atoms with Crippen molar-refractivity contribution >= 4 is 34.2 Å². The molecular formula is C14H11FINO2. The van der Waals surface area contributed by atoms with Crippen LogP contribution in [0.25, 0.3) is 0 Å². The van der Waals surface area contributed by atoms with E-state index in [1.54, 1.807) is 24.3 Å². The van der Waals surface area contributed by atoms with Crippen molar-refractivity contribution in [3.63, 3.8) is 0 Å². The molecule has 0 atom stereocenters. The molecule has 3 nitrogen and oxygen atoms in total. The van der Waals surface area contributed by atoms with Gasteiger partial charge in [0.15, 0.2) is 0 Å². The number of methoxy groups -OCH3 is 1. The minimum Gasteiger partial charge on any atom is -0.496 e. The monoisotopic (exact) mass is 371 g/mol. The van der Waals surface area contributed by atoms with Gasteiger partial charge in [0.2, 0.25) is 0 Å². The summed E-state index contributed by atoms with van der Waals surface area (Å²) in [5.41, 5.74) is 1.00. The molecule has 2 aromatic carbocycles. The number of hydrogen-bond acceptors (Lipinski definition) is 2. The first-order chi connectivity index (χ1) is 9.11. The van der Waals surface area contributed by atoms with E-state index in [1.807, 2.05) is 22.6 Å². The lowest BCUT2D eigenvalue weighted by molar-refractivity contribution is 0.102. The van der Waals surface area contributed by atoms with Crippen LogP contribution >= 0.6 is 22.6 Å². The van der Waals surface area contributed by atoms with Gasteiger partial charge in [-0.25, -0.2) is 4.39 Å². The molecule has 0 radical (unpaired) electrons. The van der Waals surface area contributed by atoms with Crippen molar-refractivity contribution in [2.45, 2.75) is 0 Å². The van der Waals surface area contributed by atoms with Crippen LogP contribution < -0.4 is 10.1 Å². The van der Waals surface area contributed by atoms with Gasteiger partial charge in [-0.2, -0.15) is 0 Å². The molecule has 0 spiro atoms. The summed E-state index contributed by atoms with van der Waals surface area (Å²) in [6.45, 7) is 0. The highest BCUT2D eigenvalue weighted by molar-refractivity contribution is 14.1. The first-order valence-electron chi connectivity index (χ1n) is 5.51. The molecule has 0 aliphatic rings.